The number of carbonyl (C=O) groups excluding carboxylic acids is 1. The predicted molar refractivity (Wildman–Crippen MR) is 84.7 cm³/mol. The van der Waals surface area contributed by atoms with Gasteiger partial charge in [-0.2, -0.15) is 0 Å². The quantitative estimate of drug-likeness (QED) is 0.932. The maximum absolute atomic E-state index is 12.5. The van der Waals surface area contributed by atoms with Crippen molar-refractivity contribution >= 4 is 6.03 Å². The zero-order valence-corrected chi connectivity index (χ0v) is 13.3. The molecule has 1 N–H and O–H groups in total. The molecule has 0 radical (unpaired) electrons. The Hall–Kier alpha value is -1.62. The Balaban J connectivity index is 1.52. The van der Waals surface area contributed by atoms with Crippen LogP contribution < -0.4 is 5.32 Å². The molecule has 22 heavy (non-hydrogen) atoms. The van der Waals surface area contributed by atoms with E-state index in [1.165, 1.54) is 12.8 Å². The summed E-state index contributed by atoms with van der Waals surface area (Å²) in [5, 5.41) is 3.10. The van der Waals surface area contributed by atoms with Gasteiger partial charge in [-0.05, 0) is 31.9 Å². The highest BCUT2D eigenvalue weighted by atomic mass is 16.5. The number of nitrogens with zero attached hydrogens (tertiary/aromatic N) is 2. The number of rotatable bonds is 3. The Morgan fingerprint density at radius 2 is 2.27 bits per heavy atom. The van der Waals surface area contributed by atoms with E-state index in [-0.39, 0.29) is 17.7 Å². The molecule has 5 nitrogen and oxygen atoms in total. The Morgan fingerprint density at radius 1 is 1.45 bits per heavy atom. The van der Waals surface area contributed by atoms with E-state index in [2.05, 4.69) is 10.3 Å². The molecular weight excluding hydrogens is 278 g/mol. The fourth-order valence-electron chi connectivity index (χ4n) is 3.53. The van der Waals surface area contributed by atoms with Crippen LogP contribution in [0, 0.1) is 0 Å². The van der Waals surface area contributed by atoms with Crippen LogP contribution >= 0.6 is 0 Å². The SMILES string of the molecule is C[C@@H](Cc1ccccn1)NC(=O)N1CCOC2(CCCC2)C1. The zero-order valence-electron chi connectivity index (χ0n) is 13.3. The molecule has 3 rings (SSSR count). The van der Waals surface area contributed by atoms with Crippen molar-refractivity contribution in [3.05, 3.63) is 30.1 Å². The molecule has 0 bridgehead atoms. The van der Waals surface area contributed by atoms with Crippen molar-refractivity contribution in [3.63, 3.8) is 0 Å². The topological polar surface area (TPSA) is 54.5 Å². The van der Waals surface area contributed by atoms with Crippen molar-refractivity contribution in [2.24, 2.45) is 0 Å². The van der Waals surface area contributed by atoms with E-state index in [1.54, 1.807) is 6.20 Å². The van der Waals surface area contributed by atoms with E-state index < -0.39 is 0 Å². The molecule has 2 fully saturated rings. The number of aromatic nitrogens is 1. The van der Waals surface area contributed by atoms with Crippen LogP contribution in [0.25, 0.3) is 0 Å². The number of morpholine rings is 1. The minimum absolute atomic E-state index is 0.0259. The molecule has 1 aliphatic heterocycles. The van der Waals surface area contributed by atoms with Crippen LogP contribution in [0.5, 0.6) is 0 Å². The van der Waals surface area contributed by atoms with Gasteiger partial charge in [-0.3, -0.25) is 4.98 Å². The first-order chi connectivity index (χ1) is 10.7. The third-order valence-corrected chi connectivity index (χ3v) is 4.66. The summed E-state index contributed by atoms with van der Waals surface area (Å²) in [5.74, 6) is 0. The molecule has 1 saturated carbocycles. The average Bonchev–Trinajstić information content (AvgIpc) is 2.96. The monoisotopic (exact) mass is 303 g/mol. The molecule has 0 unspecified atom stereocenters. The molecule has 1 saturated heterocycles. The normalized spacial score (nSPS) is 21.8. The summed E-state index contributed by atoms with van der Waals surface area (Å²) in [5.41, 5.74) is 0.935. The lowest BCUT2D eigenvalue weighted by Gasteiger charge is -2.40. The molecule has 0 aromatic carbocycles. The van der Waals surface area contributed by atoms with Crippen molar-refractivity contribution in [1.82, 2.24) is 15.2 Å². The van der Waals surface area contributed by atoms with Crippen LogP contribution in [0.1, 0.15) is 38.3 Å². The first-order valence-corrected chi connectivity index (χ1v) is 8.26. The van der Waals surface area contributed by atoms with Crippen molar-refractivity contribution in [2.45, 2.75) is 50.7 Å². The van der Waals surface area contributed by atoms with Crippen LogP contribution in [0.4, 0.5) is 4.79 Å². The molecule has 1 aliphatic carbocycles. The second-order valence-corrected chi connectivity index (χ2v) is 6.54. The molecule has 1 atom stereocenters. The lowest BCUT2D eigenvalue weighted by molar-refractivity contribution is -0.0927. The fraction of sp³-hybridized carbons (Fsp3) is 0.647. The van der Waals surface area contributed by atoms with Crippen molar-refractivity contribution in [1.29, 1.82) is 0 Å². The zero-order chi connectivity index (χ0) is 15.4. The fourth-order valence-corrected chi connectivity index (χ4v) is 3.53. The molecule has 1 spiro atoms. The third kappa shape index (κ3) is 3.58. The molecule has 2 heterocycles. The molecule has 5 heteroatoms. The molecule has 120 valence electrons. The van der Waals surface area contributed by atoms with Gasteiger partial charge in [-0.1, -0.05) is 18.9 Å². The van der Waals surface area contributed by atoms with Gasteiger partial charge in [0, 0.05) is 30.9 Å². The number of nitrogens with one attached hydrogen (secondary N) is 1. The molecule has 2 amide bonds. The number of urea groups is 1. The largest absolute Gasteiger partial charge is 0.371 e. The van der Waals surface area contributed by atoms with Gasteiger partial charge in [0.15, 0.2) is 0 Å². The van der Waals surface area contributed by atoms with E-state index in [4.69, 9.17) is 4.74 Å². The highest BCUT2D eigenvalue weighted by Gasteiger charge is 2.40. The predicted octanol–water partition coefficient (Wildman–Crippen LogP) is 2.37. The summed E-state index contributed by atoms with van der Waals surface area (Å²) in [6, 6.07) is 5.97. The van der Waals surface area contributed by atoms with Gasteiger partial charge in [0.2, 0.25) is 0 Å². The van der Waals surface area contributed by atoms with Crippen LogP contribution in [-0.4, -0.2) is 47.3 Å². The first-order valence-electron chi connectivity index (χ1n) is 8.26. The lowest BCUT2D eigenvalue weighted by Crippen LogP contribution is -2.56. The highest BCUT2D eigenvalue weighted by Crippen LogP contribution is 2.35. The van der Waals surface area contributed by atoms with E-state index in [9.17, 15) is 4.79 Å². The summed E-state index contributed by atoms with van der Waals surface area (Å²) in [6.07, 6.45) is 7.13. The van der Waals surface area contributed by atoms with Gasteiger partial charge in [0.25, 0.3) is 0 Å². The van der Waals surface area contributed by atoms with Gasteiger partial charge < -0.3 is 15.0 Å². The smallest absolute Gasteiger partial charge is 0.317 e. The summed E-state index contributed by atoms with van der Waals surface area (Å²) < 4.78 is 5.98. The number of carbonyl (C=O) groups is 1. The molecule has 1 aromatic rings. The van der Waals surface area contributed by atoms with Crippen LogP contribution in [-0.2, 0) is 11.2 Å². The van der Waals surface area contributed by atoms with Gasteiger partial charge in [0.1, 0.15) is 0 Å². The van der Waals surface area contributed by atoms with Crippen LogP contribution in [0.2, 0.25) is 0 Å². The van der Waals surface area contributed by atoms with Crippen molar-refractivity contribution in [2.75, 3.05) is 19.7 Å². The molecule has 1 aromatic heterocycles. The summed E-state index contributed by atoms with van der Waals surface area (Å²) in [7, 11) is 0. The number of pyridine rings is 1. The molecular formula is C17H25N3O2. The Kier molecular flexibility index (Phi) is 4.62. The Bertz CT molecular complexity index is 500. The minimum Gasteiger partial charge on any atom is -0.371 e. The maximum Gasteiger partial charge on any atom is 0.317 e. The number of hydrogen-bond donors (Lipinski definition) is 1. The highest BCUT2D eigenvalue weighted by molar-refractivity contribution is 5.74. The van der Waals surface area contributed by atoms with E-state index in [0.717, 1.165) is 31.5 Å². The van der Waals surface area contributed by atoms with Gasteiger partial charge in [0.05, 0.1) is 18.8 Å². The van der Waals surface area contributed by atoms with Gasteiger partial charge in [-0.15, -0.1) is 0 Å². The van der Waals surface area contributed by atoms with Crippen molar-refractivity contribution < 1.29 is 9.53 Å². The standard InChI is InChI=1S/C17H25N3O2/c1-14(12-15-6-2-5-9-18-15)19-16(21)20-10-11-22-17(13-20)7-3-4-8-17/h2,5-6,9,14H,3-4,7-8,10-13H2,1H3,(H,19,21)/t14-/m0/s1. The second kappa shape index (κ2) is 6.65. The second-order valence-electron chi connectivity index (χ2n) is 6.54. The number of amides is 2. The number of ether oxygens (including phenoxy) is 1. The van der Waals surface area contributed by atoms with Crippen LogP contribution in [0.3, 0.4) is 0 Å². The summed E-state index contributed by atoms with van der Waals surface area (Å²) in [4.78, 5) is 18.7. The minimum atomic E-state index is -0.0696. The third-order valence-electron chi connectivity index (χ3n) is 4.66. The van der Waals surface area contributed by atoms with Crippen LogP contribution in [0.15, 0.2) is 24.4 Å². The Morgan fingerprint density at radius 3 is 3.00 bits per heavy atom. The summed E-state index contributed by atoms with van der Waals surface area (Å²) >= 11 is 0. The van der Waals surface area contributed by atoms with E-state index in [0.29, 0.717) is 13.2 Å². The summed E-state index contributed by atoms with van der Waals surface area (Å²) in [6.45, 7) is 4.10. The van der Waals surface area contributed by atoms with E-state index >= 15 is 0 Å². The van der Waals surface area contributed by atoms with Gasteiger partial charge >= 0.3 is 6.03 Å². The molecule has 2 aliphatic rings. The number of hydrogen-bond acceptors (Lipinski definition) is 3. The van der Waals surface area contributed by atoms with Gasteiger partial charge in [-0.25, -0.2) is 4.79 Å². The average molecular weight is 303 g/mol. The lowest BCUT2D eigenvalue weighted by atomic mass is 10.00. The van der Waals surface area contributed by atoms with Crippen molar-refractivity contribution in [3.8, 4) is 0 Å². The Labute approximate surface area is 132 Å². The first kappa shape index (κ1) is 15.3. The maximum atomic E-state index is 12.5. The van der Waals surface area contributed by atoms with E-state index in [1.807, 2.05) is 30.0 Å².